The predicted molar refractivity (Wildman–Crippen MR) is 94.2 cm³/mol. The van der Waals surface area contributed by atoms with Gasteiger partial charge in [-0.25, -0.2) is 0 Å². The number of ether oxygens (including phenoxy) is 1. The molecule has 0 bridgehead atoms. The molecule has 0 saturated heterocycles. The topological polar surface area (TPSA) is 63.7 Å². The lowest BCUT2D eigenvalue weighted by atomic mass is 10.1. The van der Waals surface area contributed by atoms with Crippen LogP contribution in [0.2, 0.25) is 0 Å². The third-order valence-corrected chi connectivity index (χ3v) is 5.27. The van der Waals surface area contributed by atoms with E-state index in [0.29, 0.717) is 48.8 Å². The van der Waals surface area contributed by atoms with E-state index in [1.807, 2.05) is 6.26 Å². The standard InChI is InChI=1S/C18H23NO4S/c1-3-13(24-2)12-16(20)23-11-7-6-10-19-17(21)14-8-4-5-9-15(14)18(19)22/h4-5,8-9,13H,3,6-7,10-12H2,1-2H3. The second-order valence-electron chi connectivity index (χ2n) is 5.71. The van der Waals surface area contributed by atoms with Gasteiger partial charge in [0.25, 0.3) is 11.8 Å². The molecule has 0 aliphatic carbocycles. The number of hydrogen-bond acceptors (Lipinski definition) is 5. The summed E-state index contributed by atoms with van der Waals surface area (Å²) in [6, 6.07) is 6.86. The highest BCUT2D eigenvalue weighted by Crippen LogP contribution is 2.22. The fraction of sp³-hybridized carbons (Fsp3) is 0.500. The van der Waals surface area contributed by atoms with Gasteiger partial charge in [-0.05, 0) is 37.7 Å². The maximum absolute atomic E-state index is 12.2. The first-order valence-electron chi connectivity index (χ1n) is 8.22. The molecule has 1 aromatic carbocycles. The SMILES string of the molecule is CCC(CC(=O)OCCCCN1C(=O)c2ccccc2C1=O)SC. The summed E-state index contributed by atoms with van der Waals surface area (Å²) in [5, 5.41) is 0.302. The highest BCUT2D eigenvalue weighted by Gasteiger charge is 2.34. The number of unbranched alkanes of at least 4 members (excludes halogenated alkanes) is 1. The molecule has 130 valence electrons. The van der Waals surface area contributed by atoms with Crippen molar-refractivity contribution in [2.45, 2.75) is 37.9 Å². The minimum Gasteiger partial charge on any atom is -0.466 e. The van der Waals surface area contributed by atoms with Crippen molar-refractivity contribution in [2.24, 2.45) is 0 Å². The number of thioether (sulfide) groups is 1. The van der Waals surface area contributed by atoms with Crippen molar-refractivity contribution in [2.75, 3.05) is 19.4 Å². The normalized spacial score (nSPS) is 14.7. The average Bonchev–Trinajstić information content (AvgIpc) is 2.84. The van der Waals surface area contributed by atoms with Gasteiger partial charge in [-0.15, -0.1) is 0 Å². The Labute approximate surface area is 146 Å². The number of nitrogens with zero attached hydrogens (tertiary/aromatic N) is 1. The zero-order valence-corrected chi connectivity index (χ0v) is 14.9. The van der Waals surface area contributed by atoms with Gasteiger partial charge in [0.1, 0.15) is 0 Å². The molecular weight excluding hydrogens is 326 g/mol. The highest BCUT2D eigenvalue weighted by molar-refractivity contribution is 7.99. The molecule has 5 nitrogen and oxygen atoms in total. The second-order valence-corrected chi connectivity index (χ2v) is 6.84. The summed E-state index contributed by atoms with van der Waals surface area (Å²) in [7, 11) is 0. The zero-order valence-electron chi connectivity index (χ0n) is 14.1. The van der Waals surface area contributed by atoms with Crippen molar-refractivity contribution in [1.82, 2.24) is 4.90 Å². The fourth-order valence-electron chi connectivity index (χ4n) is 2.64. The maximum atomic E-state index is 12.2. The summed E-state index contributed by atoms with van der Waals surface area (Å²) < 4.78 is 5.22. The first-order valence-corrected chi connectivity index (χ1v) is 9.50. The Balaban J connectivity index is 1.70. The number of carbonyl (C=O) groups is 3. The first-order chi connectivity index (χ1) is 11.6. The van der Waals surface area contributed by atoms with Crippen LogP contribution in [0.4, 0.5) is 0 Å². The van der Waals surface area contributed by atoms with E-state index in [0.717, 1.165) is 6.42 Å². The Kier molecular flexibility index (Phi) is 6.85. The number of amides is 2. The number of benzene rings is 1. The lowest BCUT2D eigenvalue weighted by Gasteiger charge is -2.14. The van der Waals surface area contributed by atoms with E-state index in [9.17, 15) is 14.4 Å². The van der Waals surface area contributed by atoms with E-state index in [-0.39, 0.29) is 17.8 Å². The lowest BCUT2D eigenvalue weighted by Crippen LogP contribution is -2.30. The molecule has 1 aliphatic rings. The van der Waals surface area contributed by atoms with Gasteiger partial charge in [0, 0.05) is 11.8 Å². The van der Waals surface area contributed by atoms with Gasteiger partial charge in [-0.1, -0.05) is 19.1 Å². The second kappa shape index (κ2) is 8.87. The van der Waals surface area contributed by atoms with Gasteiger partial charge in [-0.2, -0.15) is 11.8 Å². The van der Waals surface area contributed by atoms with E-state index < -0.39 is 0 Å². The van der Waals surface area contributed by atoms with E-state index in [4.69, 9.17) is 4.74 Å². The molecule has 2 rings (SSSR count). The summed E-state index contributed by atoms with van der Waals surface area (Å²) >= 11 is 1.67. The number of hydrogen-bond donors (Lipinski definition) is 0. The minimum atomic E-state index is -0.238. The van der Waals surface area contributed by atoms with Crippen LogP contribution >= 0.6 is 11.8 Å². The Morgan fingerprint density at radius 1 is 1.17 bits per heavy atom. The zero-order chi connectivity index (χ0) is 17.5. The molecule has 0 saturated carbocycles. The van der Waals surface area contributed by atoms with Crippen molar-refractivity contribution in [3.63, 3.8) is 0 Å². The average molecular weight is 349 g/mol. The number of carbonyl (C=O) groups excluding carboxylic acids is 3. The highest BCUT2D eigenvalue weighted by atomic mass is 32.2. The molecule has 1 aromatic rings. The van der Waals surface area contributed by atoms with E-state index >= 15 is 0 Å². The Hall–Kier alpha value is -1.82. The molecule has 0 N–H and O–H groups in total. The Morgan fingerprint density at radius 2 is 1.79 bits per heavy atom. The minimum absolute atomic E-state index is 0.183. The molecule has 1 atom stereocenters. The maximum Gasteiger partial charge on any atom is 0.306 e. The van der Waals surface area contributed by atoms with Crippen LogP contribution in [-0.2, 0) is 9.53 Å². The van der Waals surface area contributed by atoms with Gasteiger partial charge >= 0.3 is 5.97 Å². The summed E-state index contributed by atoms with van der Waals surface area (Å²) in [6.07, 6.45) is 4.61. The fourth-order valence-corrected chi connectivity index (χ4v) is 3.28. The molecule has 2 amide bonds. The van der Waals surface area contributed by atoms with E-state index in [1.54, 1.807) is 36.0 Å². The van der Waals surface area contributed by atoms with Gasteiger partial charge in [0.15, 0.2) is 0 Å². The molecule has 6 heteroatoms. The van der Waals surface area contributed by atoms with Crippen LogP contribution < -0.4 is 0 Å². The van der Waals surface area contributed by atoms with Gasteiger partial charge in [0.2, 0.25) is 0 Å². The van der Waals surface area contributed by atoms with Crippen LogP contribution in [0.1, 0.15) is 53.3 Å². The third kappa shape index (κ3) is 4.38. The van der Waals surface area contributed by atoms with Crippen LogP contribution in [0, 0.1) is 0 Å². The Morgan fingerprint density at radius 3 is 2.33 bits per heavy atom. The van der Waals surface area contributed by atoms with Crippen LogP contribution in [0.3, 0.4) is 0 Å². The van der Waals surface area contributed by atoms with Crippen LogP contribution in [-0.4, -0.2) is 47.3 Å². The number of rotatable bonds is 9. The number of fused-ring (bicyclic) bond motifs is 1. The Bertz CT molecular complexity index is 578. The monoisotopic (exact) mass is 349 g/mol. The molecule has 1 aliphatic heterocycles. The molecule has 1 heterocycles. The van der Waals surface area contributed by atoms with Gasteiger partial charge in [-0.3, -0.25) is 19.3 Å². The van der Waals surface area contributed by atoms with Crippen molar-refractivity contribution in [3.05, 3.63) is 35.4 Å². The van der Waals surface area contributed by atoms with E-state index in [2.05, 4.69) is 6.92 Å². The van der Waals surface area contributed by atoms with Gasteiger partial charge in [0.05, 0.1) is 24.2 Å². The molecule has 0 spiro atoms. The van der Waals surface area contributed by atoms with Crippen LogP contribution in [0.25, 0.3) is 0 Å². The summed E-state index contributed by atoms with van der Waals surface area (Å²) in [6.45, 7) is 2.73. The van der Waals surface area contributed by atoms with Crippen LogP contribution in [0.15, 0.2) is 24.3 Å². The number of imide groups is 1. The lowest BCUT2D eigenvalue weighted by molar-refractivity contribution is -0.143. The smallest absolute Gasteiger partial charge is 0.306 e. The van der Waals surface area contributed by atoms with Crippen LogP contribution in [0.5, 0.6) is 0 Å². The van der Waals surface area contributed by atoms with Crippen molar-refractivity contribution in [1.29, 1.82) is 0 Å². The van der Waals surface area contributed by atoms with Gasteiger partial charge < -0.3 is 4.74 Å². The quantitative estimate of drug-likeness (QED) is 0.389. The summed E-state index contributed by atoms with van der Waals surface area (Å²) in [5.74, 6) is -0.659. The van der Waals surface area contributed by atoms with Crippen molar-refractivity contribution in [3.8, 4) is 0 Å². The molecule has 0 fully saturated rings. The van der Waals surface area contributed by atoms with Crippen molar-refractivity contribution < 1.29 is 19.1 Å². The number of esters is 1. The molecule has 0 radical (unpaired) electrons. The largest absolute Gasteiger partial charge is 0.466 e. The first kappa shape index (κ1) is 18.5. The van der Waals surface area contributed by atoms with Crippen molar-refractivity contribution >= 4 is 29.5 Å². The summed E-state index contributed by atoms with van der Waals surface area (Å²) in [5.41, 5.74) is 0.938. The third-order valence-electron chi connectivity index (χ3n) is 4.10. The predicted octanol–water partition coefficient (Wildman–Crippen LogP) is 3.14. The summed E-state index contributed by atoms with van der Waals surface area (Å²) in [4.78, 5) is 37.3. The molecule has 24 heavy (non-hydrogen) atoms. The molecule has 1 unspecified atom stereocenters. The van der Waals surface area contributed by atoms with E-state index in [1.165, 1.54) is 4.90 Å². The molecule has 0 aromatic heterocycles. The molecular formula is C18H23NO4S.